The molecule has 1 aromatic carbocycles. The van der Waals surface area contributed by atoms with Crippen molar-refractivity contribution in [1.82, 2.24) is 15.1 Å². The third kappa shape index (κ3) is 3.69. The van der Waals surface area contributed by atoms with Crippen molar-refractivity contribution in [2.45, 2.75) is 13.1 Å². The minimum Gasteiger partial charge on any atom is -0.329 e. The molecule has 1 heterocycles. The molecule has 0 spiro atoms. The molecule has 2 rings (SSSR count). The maximum absolute atomic E-state index is 5.42. The van der Waals surface area contributed by atoms with Gasteiger partial charge in [0.2, 0.25) is 0 Å². The fourth-order valence-electron chi connectivity index (χ4n) is 1.69. The van der Waals surface area contributed by atoms with Crippen molar-refractivity contribution in [3.8, 4) is 0 Å². The molecule has 0 aliphatic rings. The quantitative estimate of drug-likeness (QED) is 0.727. The van der Waals surface area contributed by atoms with Crippen LogP contribution in [0.4, 0.5) is 0 Å². The fourth-order valence-corrected chi connectivity index (χ4v) is 1.69. The first-order valence-corrected chi connectivity index (χ1v) is 5.84. The molecular formula is C13H18N4. The SMILES string of the molecule is NCCNCc1cnn(Cc2ccccc2)c1. The molecule has 4 nitrogen and oxygen atoms in total. The fraction of sp³-hybridized carbons (Fsp3) is 0.308. The van der Waals surface area contributed by atoms with Crippen LogP contribution in [0.3, 0.4) is 0 Å². The maximum atomic E-state index is 5.42. The molecule has 0 aliphatic carbocycles. The molecule has 0 fully saturated rings. The molecule has 1 aromatic heterocycles. The first-order valence-electron chi connectivity index (χ1n) is 5.84. The van der Waals surface area contributed by atoms with E-state index in [1.165, 1.54) is 11.1 Å². The Hall–Kier alpha value is -1.65. The van der Waals surface area contributed by atoms with Gasteiger partial charge in [0.25, 0.3) is 0 Å². The summed E-state index contributed by atoms with van der Waals surface area (Å²) in [6.45, 7) is 3.14. The van der Waals surface area contributed by atoms with Gasteiger partial charge in [-0.15, -0.1) is 0 Å². The monoisotopic (exact) mass is 230 g/mol. The van der Waals surface area contributed by atoms with Gasteiger partial charge in [0, 0.05) is 31.4 Å². The van der Waals surface area contributed by atoms with E-state index < -0.39 is 0 Å². The Morgan fingerprint density at radius 2 is 2.00 bits per heavy atom. The Bertz CT molecular complexity index is 436. The van der Waals surface area contributed by atoms with E-state index >= 15 is 0 Å². The van der Waals surface area contributed by atoms with Crippen LogP contribution in [-0.4, -0.2) is 22.9 Å². The summed E-state index contributed by atoms with van der Waals surface area (Å²) >= 11 is 0. The number of hydrogen-bond acceptors (Lipinski definition) is 3. The van der Waals surface area contributed by atoms with Crippen LogP contribution in [-0.2, 0) is 13.1 Å². The smallest absolute Gasteiger partial charge is 0.0659 e. The van der Waals surface area contributed by atoms with Crippen LogP contribution in [0.2, 0.25) is 0 Å². The third-order valence-corrected chi connectivity index (χ3v) is 2.52. The molecule has 90 valence electrons. The Morgan fingerprint density at radius 1 is 1.18 bits per heavy atom. The predicted octanol–water partition coefficient (Wildman–Crippen LogP) is 0.980. The number of hydrogen-bond donors (Lipinski definition) is 2. The Labute approximate surface area is 101 Å². The number of nitrogens with two attached hydrogens (primary N) is 1. The van der Waals surface area contributed by atoms with Crippen LogP contribution in [0.1, 0.15) is 11.1 Å². The summed E-state index contributed by atoms with van der Waals surface area (Å²) in [5, 5.41) is 7.59. The summed E-state index contributed by atoms with van der Waals surface area (Å²) < 4.78 is 1.95. The maximum Gasteiger partial charge on any atom is 0.0659 e. The van der Waals surface area contributed by atoms with Crippen molar-refractivity contribution in [3.05, 3.63) is 53.9 Å². The summed E-state index contributed by atoms with van der Waals surface area (Å²) in [7, 11) is 0. The highest BCUT2D eigenvalue weighted by molar-refractivity contribution is 5.15. The zero-order chi connectivity index (χ0) is 11.9. The first kappa shape index (κ1) is 11.8. The molecule has 0 unspecified atom stereocenters. The van der Waals surface area contributed by atoms with E-state index in [0.717, 1.165) is 19.6 Å². The topological polar surface area (TPSA) is 55.9 Å². The molecule has 3 N–H and O–H groups in total. The van der Waals surface area contributed by atoms with Crippen molar-refractivity contribution in [1.29, 1.82) is 0 Å². The van der Waals surface area contributed by atoms with Crippen LogP contribution >= 0.6 is 0 Å². The van der Waals surface area contributed by atoms with Gasteiger partial charge in [-0.1, -0.05) is 30.3 Å². The Kier molecular flexibility index (Phi) is 4.30. The second-order valence-electron chi connectivity index (χ2n) is 4.00. The Morgan fingerprint density at radius 3 is 2.76 bits per heavy atom. The summed E-state index contributed by atoms with van der Waals surface area (Å²) in [5.41, 5.74) is 7.87. The summed E-state index contributed by atoms with van der Waals surface area (Å²) in [6, 6.07) is 10.3. The minimum atomic E-state index is 0.665. The lowest BCUT2D eigenvalue weighted by atomic mass is 10.2. The highest BCUT2D eigenvalue weighted by Gasteiger charge is 1.99. The van der Waals surface area contributed by atoms with Gasteiger partial charge in [-0.25, -0.2) is 0 Å². The molecule has 0 saturated heterocycles. The van der Waals surface area contributed by atoms with Crippen molar-refractivity contribution in [3.63, 3.8) is 0 Å². The highest BCUT2D eigenvalue weighted by atomic mass is 15.3. The van der Waals surface area contributed by atoms with Crippen molar-refractivity contribution < 1.29 is 0 Å². The van der Waals surface area contributed by atoms with Crippen LogP contribution < -0.4 is 11.1 Å². The molecule has 17 heavy (non-hydrogen) atoms. The number of benzene rings is 1. The Balaban J connectivity index is 1.90. The number of nitrogens with one attached hydrogen (secondary N) is 1. The van der Waals surface area contributed by atoms with Crippen LogP contribution in [0.15, 0.2) is 42.7 Å². The van der Waals surface area contributed by atoms with E-state index in [1.54, 1.807) is 0 Å². The van der Waals surface area contributed by atoms with Crippen molar-refractivity contribution in [2.24, 2.45) is 5.73 Å². The van der Waals surface area contributed by atoms with Crippen molar-refractivity contribution in [2.75, 3.05) is 13.1 Å². The largest absolute Gasteiger partial charge is 0.329 e. The average Bonchev–Trinajstić information content (AvgIpc) is 2.79. The molecule has 0 radical (unpaired) electrons. The van der Waals surface area contributed by atoms with Crippen molar-refractivity contribution >= 4 is 0 Å². The summed E-state index contributed by atoms with van der Waals surface area (Å²) in [5.74, 6) is 0. The molecule has 0 atom stereocenters. The number of nitrogens with zero attached hydrogens (tertiary/aromatic N) is 2. The second-order valence-corrected chi connectivity index (χ2v) is 4.00. The molecule has 0 amide bonds. The molecular weight excluding hydrogens is 212 g/mol. The normalized spacial score (nSPS) is 10.6. The lowest BCUT2D eigenvalue weighted by molar-refractivity contribution is 0.678. The second kappa shape index (κ2) is 6.18. The molecule has 0 saturated carbocycles. The van der Waals surface area contributed by atoms with Crippen LogP contribution in [0.25, 0.3) is 0 Å². The van der Waals surface area contributed by atoms with Gasteiger partial charge in [-0.3, -0.25) is 4.68 Å². The van der Waals surface area contributed by atoms with E-state index in [-0.39, 0.29) is 0 Å². The molecule has 4 heteroatoms. The number of rotatable bonds is 6. The lowest BCUT2D eigenvalue weighted by Crippen LogP contribution is -2.21. The van der Waals surface area contributed by atoms with Gasteiger partial charge in [0.05, 0.1) is 12.7 Å². The minimum absolute atomic E-state index is 0.665. The first-order chi connectivity index (χ1) is 8.38. The lowest BCUT2D eigenvalue weighted by Gasteiger charge is -2.01. The standard InChI is InChI=1S/C13H18N4/c14-6-7-15-8-13-9-16-17(11-13)10-12-4-2-1-3-5-12/h1-5,9,11,15H,6-8,10,14H2. The van der Waals surface area contributed by atoms with Gasteiger partial charge < -0.3 is 11.1 Å². The van der Waals surface area contributed by atoms with Gasteiger partial charge >= 0.3 is 0 Å². The molecule has 2 aromatic rings. The third-order valence-electron chi connectivity index (χ3n) is 2.52. The van der Waals surface area contributed by atoms with Gasteiger partial charge in [0.15, 0.2) is 0 Å². The molecule has 0 aliphatic heterocycles. The van der Waals surface area contributed by atoms with Gasteiger partial charge in [-0.05, 0) is 5.56 Å². The van der Waals surface area contributed by atoms with E-state index in [4.69, 9.17) is 5.73 Å². The van der Waals surface area contributed by atoms with E-state index in [9.17, 15) is 0 Å². The summed E-state index contributed by atoms with van der Waals surface area (Å²) in [4.78, 5) is 0. The average molecular weight is 230 g/mol. The van der Waals surface area contributed by atoms with Crippen LogP contribution in [0, 0.1) is 0 Å². The van der Waals surface area contributed by atoms with E-state index in [2.05, 4.69) is 28.7 Å². The van der Waals surface area contributed by atoms with E-state index in [1.807, 2.05) is 29.1 Å². The highest BCUT2D eigenvalue weighted by Crippen LogP contribution is 2.03. The zero-order valence-corrected chi connectivity index (χ0v) is 9.84. The predicted molar refractivity (Wildman–Crippen MR) is 68.5 cm³/mol. The number of aromatic nitrogens is 2. The molecule has 0 bridgehead atoms. The van der Waals surface area contributed by atoms with Crippen LogP contribution in [0.5, 0.6) is 0 Å². The van der Waals surface area contributed by atoms with E-state index in [0.29, 0.717) is 6.54 Å². The zero-order valence-electron chi connectivity index (χ0n) is 9.84. The van der Waals surface area contributed by atoms with Gasteiger partial charge in [-0.2, -0.15) is 5.10 Å². The van der Waals surface area contributed by atoms with Gasteiger partial charge in [0.1, 0.15) is 0 Å². The summed E-state index contributed by atoms with van der Waals surface area (Å²) in [6.07, 6.45) is 3.96.